The number of carboxylic acids is 1. The van der Waals surface area contributed by atoms with Gasteiger partial charge in [0, 0.05) is 20.1 Å². The van der Waals surface area contributed by atoms with Crippen molar-refractivity contribution in [2.75, 3.05) is 31.2 Å². The zero-order valence-corrected chi connectivity index (χ0v) is 11.0. The van der Waals surface area contributed by atoms with Crippen LogP contribution in [0.1, 0.15) is 10.4 Å². The summed E-state index contributed by atoms with van der Waals surface area (Å²) < 4.78 is 21.5. The van der Waals surface area contributed by atoms with E-state index in [1.165, 1.54) is 12.4 Å². The molecule has 1 saturated heterocycles. The Morgan fingerprint density at radius 2 is 2.15 bits per heavy atom. The lowest BCUT2D eigenvalue weighted by atomic mass is 10.1. The molecule has 0 saturated carbocycles. The number of benzene rings is 1. The summed E-state index contributed by atoms with van der Waals surface area (Å²) in [6, 6.07) is 1.42. The average Bonchev–Trinajstić information content (AvgIpc) is 2.81. The summed E-state index contributed by atoms with van der Waals surface area (Å²) in [6.07, 6.45) is 1.47. The topological polar surface area (TPSA) is 67.6 Å². The molecule has 1 aliphatic rings. The van der Waals surface area contributed by atoms with Gasteiger partial charge in [-0.1, -0.05) is 0 Å². The maximum Gasteiger partial charge on any atom is 0.337 e. The van der Waals surface area contributed by atoms with Crippen molar-refractivity contribution in [1.29, 1.82) is 0 Å². The summed E-state index contributed by atoms with van der Waals surface area (Å²) in [4.78, 5) is 17.1. The summed E-state index contributed by atoms with van der Waals surface area (Å²) in [5.41, 5.74) is 0.725. The van der Waals surface area contributed by atoms with Crippen molar-refractivity contribution in [1.82, 2.24) is 9.55 Å². The van der Waals surface area contributed by atoms with Crippen LogP contribution in [0.2, 0.25) is 0 Å². The predicted octanol–water partition coefficient (Wildman–Crippen LogP) is 1.25. The second-order valence-corrected chi connectivity index (χ2v) is 4.71. The fourth-order valence-electron chi connectivity index (χ4n) is 2.52. The molecule has 1 N–H and O–H groups in total. The molecule has 7 heteroatoms. The zero-order valence-electron chi connectivity index (χ0n) is 11.0. The smallest absolute Gasteiger partial charge is 0.337 e. The molecule has 2 aromatic rings. The first-order chi connectivity index (χ1) is 9.59. The van der Waals surface area contributed by atoms with Crippen molar-refractivity contribution in [2.24, 2.45) is 7.05 Å². The van der Waals surface area contributed by atoms with E-state index in [4.69, 9.17) is 4.74 Å². The van der Waals surface area contributed by atoms with Crippen molar-refractivity contribution in [3.05, 3.63) is 23.8 Å². The van der Waals surface area contributed by atoms with Crippen LogP contribution in [0.5, 0.6) is 0 Å². The molecule has 1 aromatic heterocycles. The molecule has 106 valence electrons. The van der Waals surface area contributed by atoms with Gasteiger partial charge in [0.1, 0.15) is 5.52 Å². The van der Waals surface area contributed by atoms with Gasteiger partial charge in [-0.05, 0) is 6.07 Å². The summed E-state index contributed by atoms with van der Waals surface area (Å²) in [5, 5.41) is 9.33. The van der Waals surface area contributed by atoms with Gasteiger partial charge in [-0.25, -0.2) is 14.2 Å². The molecule has 0 amide bonds. The lowest BCUT2D eigenvalue weighted by Gasteiger charge is -2.30. The van der Waals surface area contributed by atoms with Crippen LogP contribution < -0.4 is 4.90 Å². The second kappa shape index (κ2) is 4.75. The van der Waals surface area contributed by atoms with Crippen molar-refractivity contribution in [3.8, 4) is 0 Å². The van der Waals surface area contributed by atoms with E-state index in [9.17, 15) is 14.3 Å². The molecule has 0 spiro atoms. The number of ether oxygens (including phenoxy) is 1. The van der Waals surface area contributed by atoms with E-state index >= 15 is 0 Å². The minimum atomic E-state index is -1.15. The quantitative estimate of drug-likeness (QED) is 0.896. The van der Waals surface area contributed by atoms with Gasteiger partial charge in [0.05, 0.1) is 36.3 Å². The molecule has 0 aliphatic carbocycles. The van der Waals surface area contributed by atoms with Crippen molar-refractivity contribution in [3.63, 3.8) is 0 Å². The fraction of sp³-hybridized carbons (Fsp3) is 0.385. The molecule has 1 fully saturated rings. The number of rotatable bonds is 2. The lowest BCUT2D eigenvalue weighted by Crippen LogP contribution is -2.37. The van der Waals surface area contributed by atoms with Gasteiger partial charge in [0.15, 0.2) is 5.82 Å². The minimum Gasteiger partial charge on any atom is -0.478 e. The normalized spacial score (nSPS) is 15.8. The average molecular weight is 279 g/mol. The first kappa shape index (κ1) is 12.9. The monoisotopic (exact) mass is 279 g/mol. The summed E-state index contributed by atoms with van der Waals surface area (Å²) in [7, 11) is 1.68. The van der Waals surface area contributed by atoms with Crippen LogP contribution in [0.3, 0.4) is 0 Å². The highest BCUT2D eigenvalue weighted by Crippen LogP contribution is 2.31. The van der Waals surface area contributed by atoms with E-state index in [-0.39, 0.29) is 11.3 Å². The molecule has 0 unspecified atom stereocenters. The van der Waals surface area contributed by atoms with Gasteiger partial charge in [-0.3, -0.25) is 0 Å². The Bertz CT molecular complexity index is 677. The number of hydrogen-bond donors (Lipinski definition) is 1. The number of imidazole rings is 1. The highest BCUT2D eigenvalue weighted by molar-refractivity contribution is 6.00. The lowest BCUT2D eigenvalue weighted by molar-refractivity contribution is 0.0696. The Morgan fingerprint density at radius 3 is 2.80 bits per heavy atom. The third kappa shape index (κ3) is 1.90. The fourth-order valence-corrected chi connectivity index (χ4v) is 2.52. The van der Waals surface area contributed by atoms with E-state index in [0.717, 1.165) is 0 Å². The number of morpholine rings is 1. The van der Waals surface area contributed by atoms with Gasteiger partial charge in [0.25, 0.3) is 0 Å². The molecular formula is C13H14FN3O3. The van der Waals surface area contributed by atoms with Crippen LogP contribution in [0, 0.1) is 5.82 Å². The van der Waals surface area contributed by atoms with Crippen molar-refractivity contribution >= 4 is 22.7 Å². The van der Waals surface area contributed by atoms with E-state index < -0.39 is 11.8 Å². The molecular weight excluding hydrogens is 265 g/mol. The zero-order chi connectivity index (χ0) is 14.3. The summed E-state index contributed by atoms with van der Waals surface area (Å²) >= 11 is 0. The van der Waals surface area contributed by atoms with Gasteiger partial charge < -0.3 is 19.3 Å². The van der Waals surface area contributed by atoms with E-state index in [2.05, 4.69) is 4.98 Å². The highest BCUT2D eigenvalue weighted by atomic mass is 19.1. The molecule has 3 rings (SSSR count). The Morgan fingerprint density at radius 1 is 1.45 bits per heavy atom. The van der Waals surface area contributed by atoms with Crippen LogP contribution in [-0.2, 0) is 11.8 Å². The van der Waals surface area contributed by atoms with Crippen LogP contribution in [0.4, 0.5) is 10.1 Å². The van der Waals surface area contributed by atoms with Crippen LogP contribution in [-0.4, -0.2) is 46.9 Å². The molecule has 0 radical (unpaired) electrons. The number of hydrogen-bond acceptors (Lipinski definition) is 4. The number of carboxylic acid groups (broad SMARTS) is 1. The SMILES string of the molecule is Cn1cnc2cc(C(=O)O)c(N3CCOCC3)c(F)c21. The standard InChI is InChI=1S/C13H14FN3O3/c1-16-7-15-9-6-8(13(18)19)11(10(14)12(9)16)17-2-4-20-5-3-17/h6-7H,2-5H2,1H3,(H,18,19). The highest BCUT2D eigenvalue weighted by Gasteiger charge is 2.26. The molecule has 2 heterocycles. The Balaban J connectivity index is 2.25. The molecule has 1 aromatic carbocycles. The first-order valence-electron chi connectivity index (χ1n) is 6.29. The third-order valence-electron chi connectivity index (χ3n) is 3.48. The maximum atomic E-state index is 14.8. The predicted molar refractivity (Wildman–Crippen MR) is 70.7 cm³/mol. The Hall–Kier alpha value is -2.15. The van der Waals surface area contributed by atoms with Gasteiger partial charge in [0.2, 0.25) is 0 Å². The first-order valence-corrected chi connectivity index (χ1v) is 6.29. The number of halogens is 1. The molecule has 0 bridgehead atoms. The second-order valence-electron chi connectivity index (χ2n) is 4.71. The van der Waals surface area contributed by atoms with Crippen molar-refractivity contribution in [2.45, 2.75) is 0 Å². The van der Waals surface area contributed by atoms with Crippen LogP contribution >= 0.6 is 0 Å². The summed E-state index contributed by atoms with van der Waals surface area (Å²) in [6.45, 7) is 1.87. The van der Waals surface area contributed by atoms with E-state index in [0.29, 0.717) is 37.3 Å². The molecule has 1 aliphatic heterocycles. The Labute approximate surface area is 114 Å². The van der Waals surface area contributed by atoms with Gasteiger partial charge >= 0.3 is 5.97 Å². The van der Waals surface area contributed by atoms with Gasteiger partial charge in [-0.15, -0.1) is 0 Å². The van der Waals surface area contributed by atoms with E-state index in [1.54, 1.807) is 16.5 Å². The van der Waals surface area contributed by atoms with E-state index in [1.807, 2.05) is 0 Å². The molecule has 6 nitrogen and oxygen atoms in total. The van der Waals surface area contributed by atoms with Crippen LogP contribution in [0.25, 0.3) is 11.0 Å². The number of anilines is 1. The number of fused-ring (bicyclic) bond motifs is 1. The minimum absolute atomic E-state index is 0.0596. The maximum absolute atomic E-state index is 14.8. The summed E-state index contributed by atoms with van der Waals surface area (Å²) in [5.74, 6) is -1.69. The number of aryl methyl sites for hydroxylation is 1. The molecule has 0 atom stereocenters. The largest absolute Gasteiger partial charge is 0.478 e. The van der Waals surface area contributed by atoms with Crippen molar-refractivity contribution < 1.29 is 19.0 Å². The molecule has 20 heavy (non-hydrogen) atoms. The number of aromatic nitrogens is 2. The van der Waals surface area contributed by atoms with Crippen LogP contribution in [0.15, 0.2) is 12.4 Å². The van der Waals surface area contributed by atoms with Gasteiger partial charge in [-0.2, -0.15) is 0 Å². The Kier molecular flexibility index (Phi) is 3.06. The number of aromatic carboxylic acids is 1. The number of carbonyl (C=O) groups is 1. The number of nitrogens with zero attached hydrogens (tertiary/aromatic N) is 3. The third-order valence-corrected chi connectivity index (χ3v) is 3.48.